The van der Waals surface area contributed by atoms with Crippen molar-refractivity contribution in [3.8, 4) is 0 Å². The van der Waals surface area contributed by atoms with Crippen molar-refractivity contribution in [3.63, 3.8) is 0 Å². The summed E-state index contributed by atoms with van der Waals surface area (Å²) >= 11 is 1.80. The first-order valence-corrected chi connectivity index (χ1v) is 8.56. The molecule has 0 bridgehead atoms. The smallest absolute Gasteiger partial charge is 0.233 e. The van der Waals surface area contributed by atoms with Crippen LogP contribution in [0.1, 0.15) is 31.7 Å². The van der Waals surface area contributed by atoms with Gasteiger partial charge < -0.3 is 10.6 Å². The molecule has 1 aromatic rings. The van der Waals surface area contributed by atoms with E-state index in [4.69, 9.17) is 5.73 Å². The number of hydrogen-bond donors (Lipinski definition) is 1. The van der Waals surface area contributed by atoms with Crippen LogP contribution >= 0.6 is 11.8 Å². The van der Waals surface area contributed by atoms with Gasteiger partial charge in [0.1, 0.15) is 0 Å². The Morgan fingerprint density at radius 2 is 2.00 bits per heavy atom. The first kappa shape index (κ1) is 15.2. The molecule has 1 atom stereocenters. The zero-order valence-corrected chi connectivity index (χ0v) is 13.4. The van der Waals surface area contributed by atoms with Crippen LogP contribution in [0, 0.1) is 0 Å². The van der Waals surface area contributed by atoms with E-state index < -0.39 is 0 Å². The number of nitrogens with two attached hydrogens (primary N) is 1. The second-order valence-electron chi connectivity index (χ2n) is 5.64. The molecule has 0 saturated heterocycles. The van der Waals surface area contributed by atoms with Gasteiger partial charge in [0.2, 0.25) is 5.91 Å². The van der Waals surface area contributed by atoms with E-state index in [1.165, 1.54) is 0 Å². The fourth-order valence-corrected chi connectivity index (χ4v) is 3.60. The number of thioether (sulfide) groups is 1. The second-order valence-corrected chi connectivity index (χ2v) is 6.55. The molecule has 1 fully saturated rings. The van der Waals surface area contributed by atoms with Crippen LogP contribution in [0.3, 0.4) is 0 Å². The summed E-state index contributed by atoms with van der Waals surface area (Å²) < 4.78 is 0. The van der Waals surface area contributed by atoms with Gasteiger partial charge in [0, 0.05) is 24.5 Å². The molecule has 1 amide bonds. The maximum absolute atomic E-state index is 12.9. The molecule has 0 aliphatic heterocycles. The Balaban J connectivity index is 2.17. The van der Waals surface area contributed by atoms with Crippen LogP contribution in [-0.2, 0) is 10.2 Å². The van der Waals surface area contributed by atoms with Crippen molar-refractivity contribution in [2.45, 2.75) is 37.6 Å². The number of hydrogen-bond acceptors (Lipinski definition) is 3. The van der Waals surface area contributed by atoms with Crippen molar-refractivity contribution in [2.75, 3.05) is 24.8 Å². The molecular weight excluding hydrogens is 268 g/mol. The Morgan fingerprint density at radius 1 is 1.40 bits per heavy atom. The van der Waals surface area contributed by atoms with Crippen LogP contribution in [0.4, 0.5) is 5.69 Å². The zero-order chi connectivity index (χ0) is 14.8. The molecule has 0 spiro atoms. The van der Waals surface area contributed by atoms with Gasteiger partial charge in [-0.05, 0) is 43.2 Å². The quantitative estimate of drug-likeness (QED) is 0.820. The van der Waals surface area contributed by atoms with E-state index in [0.29, 0.717) is 6.04 Å². The number of benzene rings is 1. The lowest BCUT2D eigenvalue weighted by Gasteiger charge is -2.30. The van der Waals surface area contributed by atoms with E-state index in [0.717, 1.165) is 36.3 Å². The molecule has 20 heavy (non-hydrogen) atoms. The maximum atomic E-state index is 12.9. The standard InChI is InChI=1S/C16H24N2OS/c1-4-14(11-20-3)18(2)15(19)16(9-10-16)12-5-7-13(17)8-6-12/h5-8,14H,4,9-11,17H2,1-3H3. The summed E-state index contributed by atoms with van der Waals surface area (Å²) in [6.07, 6.45) is 5.00. The molecule has 3 nitrogen and oxygen atoms in total. The zero-order valence-electron chi connectivity index (χ0n) is 12.6. The lowest BCUT2D eigenvalue weighted by atomic mass is 9.93. The minimum atomic E-state index is -0.283. The van der Waals surface area contributed by atoms with Gasteiger partial charge in [0.25, 0.3) is 0 Å². The van der Waals surface area contributed by atoms with Gasteiger partial charge in [0.15, 0.2) is 0 Å². The van der Waals surface area contributed by atoms with Crippen LogP contribution in [0.5, 0.6) is 0 Å². The van der Waals surface area contributed by atoms with Crippen molar-refractivity contribution in [2.24, 2.45) is 0 Å². The Labute approximate surface area is 125 Å². The van der Waals surface area contributed by atoms with E-state index in [-0.39, 0.29) is 11.3 Å². The van der Waals surface area contributed by atoms with Gasteiger partial charge in [-0.2, -0.15) is 11.8 Å². The summed E-state index contributed by atoms with van der Waals surface area (Å²) in [5.41, 5.74) is 7.32. The highest BCUT2D eigenvalue weighted by molar-refractivity contribution is 7.98. The summed E-state index contributed by atoms with van der Waals surface area (Å²) in [6.45, 7) is 2.15. The lowest BCUT2D eigenvalue weighted by Crippen LogP contribution is -2.44. The van der Waals surface area contributed by atoms with Crippen molar-refractivity contribution in [1.82, 2.24) is 4.90 Å². The van der Waals surface area contributed by atoms with E-state index in [1.54, 1.807) is 11.8 Å². The molecule has 2 rings (SSSR count). The Morgan fingerprint density at radius 3 is 2.45 bits per heavy atom. The molecule has 1 unspecified atom stereocenters. The third-order valence-electron chi connectivity index (χ3n) is 4.32. The highest BCUT2D eigenvalue weighted by atomic mass is 32.2. The monoisotopic (exact) mass is 292 g/mol. The molecule has 110 valence electrons. The normalized spacial score (nSPS) is 17.6. The molecular formula is C16H24N2OS. The van der Waals surface area contributed by atoms with Crippen LogP contribution in [0.25, 0.3) is 0 Å². The average Bonchev–Trinajstić information content (AvgIpc) is 3.25. The summed E-state index contributed by atoms with van der Waals surface area (Å²) in [6, 6.07) is 8.11. The highest BCUT2D eigenvalue weighted by Crippen LogP contribution is 2.49. The topological polar surface area (TPSA) is 46.3 Å². The molecule has 1 saturated carbocycles. The van der Waals surface area contributed by atoms with Gasteiger partial charge in [-0.3, -0.25) is 4.79 Å². The first-order chi connectivity index (χ1) is 9.55. The van der Waals surface area contributed by atoms with Crippen molar-refractivity contribution in [3.05, 3.63) is 29.8 Å². The first-order valence-electron chi connectivity index (χ1n) is 7.17. The number of likely N-dealkylation sites (N-methyl/N-ethyl adjacent to an activating group) is 1. The second kappa shape index (κ2) is 6.08. The summed E-state index contributed by atoms with van der Waals surface area (Å²) in [5, 5.41) is 0. The predicted molar refractivity (Wildman–Crippen MR) is 87.0 cm³/mol. The van der Waals surface area contributed by atoms with Crippen LogP contribution in [-0.4, -0.2) is 35.9 Å². The lowest BCUT2D eigenvalue weighted by molar-refractivity contribution is -0.134. The number of carbonyl (C=O) groups excluding carboxylic acids is 1. The number of rotatable bonds is 6. The fourth-order valence-electron chi connectivity index (χ4n) is 2.75. The van der Waals surface area contributed by atoms with Crippen molar-refractivity contribution < 1.29 is 4.79 Å². The van der Waals surface area contributed by atoms with Crippen molar-refractivity contribution >= 4 is 23.4 Å². The fraction of sp³-hybridized carbons (Fsp3) is 0.562. The minimum absolute atomic E-state index is 0.267. The highest BCUT2D eigenvalue weighted by Gasteiger charge is 2.52. The van der Waals surface area contributed by atoms with Gasteiger partial charge in [-0.15, -0.1) is 0 Å². The van der Waals surface area contributed by atoms with Crippen LogP contribution < -0.4 is 5.73 Å². The molecule has 1 aromatic carbocycles. The molecule has 1 aliphatic carbocycles. The Bertz CT molecular complexity index is 468. The molecule has 1 aliphatic rings. The maximum Gasteiger partial charge on any atom is 0.233 e. The average molecular weight is 292 g/mol. The summed E-state index contributed by atoms with van der Waals surface area (Å²) in [4.78, 5) is 14.8. The van der Waals surface area contributed by atoms with E-state index in [1.807, 2.05) is 36.2 Å². The van der Waals surface area contributed by atoms with Crippen molar-refractivity contribution in [1.29, 1.82) is 0 Å². The molecule has 4 heteroatoms. The Kier molecular flexibility index (Phi) is 4.63. The molecule has 0 radical (unpaired) electrons. The van der Waals surface area contributed by atoms with E-state index in [2.05, 4.69) is 13.2 Å². The number of anilines is 1. The number of nitrogens with zero attached hydrogens (tertiary/aromatic N) is 1. The molecule has 0 aromatic heterocycles. The van der Waals surface area contributed by atoms with Crippen LogP contribution in [0.15, 0.2) is 24.3 Å². The third kappa shape index (κ3) is 2.80. The SMILES string of the molecule is CCC(CSC)N(C)C(=O)C1(c2ccc(N)cc2)CC1. The third-order valence-corrected chi connectivity index (χ3v) is 5.04. The molecule has 2 N–H and O–H groups in total. The minimum Gasteiger partial charge on any atom is -0.399 e. The largest absolute Gasteiger partial charge is 0.399 e. The van der Waals surface area contributed by atoms with E-state index in [9.17, 15) is 4.79 Å². The van der Waals surface area contributed by atoms with Crippen LogP contribution in [0.2, 0.25) is 0 Å². The summed E-state index contributed by atoms with van der Waals surface area (Å²) in [7, 11) is 1.95. The van der Waals surface area contributed by atoms with E-state index >= 15 is 0 Å². The number of amides is 1. The van der Waals surface area contributed by atoms with Gasteiger partial charge in [0.05, 0.1) is 5.41 Å². The molecule has 0 heterocycles. The Hall–Kier alpha value is -1.16. The number of carbonyl (C=O) groups is 1. The summed E-state index contributed by atoms with van der Waals surface area (Å²) in [5.74, 6) is 1.26. The van der Waals surface area contributed by atoms with Gasteiger partial charge >= 0.3 is 0 Å². The van der Waals surface area contributed by atoms with Gasteiger partial charge in [-0.25, -0.2) is 0 Å². The predicted octanol–water partition coefficient (Wildman–Crippen LogP) is 2.90. The van der Waals surface area contributed by atoms with Gasteiger partial charge in [-0.1, -0.05) is 19.1 Å². The number of nitrogen functional groups attached to an aromatic ring is 1.